The van der Waals surface area contributed by atoms with Crippen molar-refractivity contribution in [2.45, 2.75) is 46.3 Å². The van der Waals surface area contributed by atoms with Gasteiger partial charge in [-0.05, 0) is 13.3 Å². The van der Waals surface area contributed by atoms with Gasteiger partial charge in [0, 0.05) is 44.0 Å². The van der Waals surface area contributed by atoms with Crippen molar-refractivity contribution in [1.82, 2.24) is 25.1 Å². The van der Waals surface area contributed by atoms with Gasteiger partial charge in [0.2, 0.25) is 5.91 Å². The van der Waals surface area contributed by atoms with Crippen molar-refractivity contribution in [3.63, 3.8) is 0 Å². The highest BCUT2D eigenvalue weighted by molar-refractivity contribution is 14.0. The van der Waals surface area contributed by atoms with E-state index in [0.717, 1.165) is 11.0 Å². The van der Waals surface area contributed by atoms with Crippen LogP contribution in [0.15, 0.2) is 17.4 Å². The van der Waals surface area contributed by atoms with Crippen molar-refractivity contribution in [2.75, 3.05) is 19.6 Å². The van der Waals surface area contributed by atoms with E-state index in [9.17, 15) is 13.6 Å². The zero-order valence-corrected chi connectivity index (χ0v) is 17.6. The maximum absolute atomic E-state index is 12.9. The van der Waals surface area contributed by atoms with E-state index in [1.807, 2.05) is 25.7 Å². The van der Waals surface area contributed by atoms with E-state index in [1.165, 1.54) is 12.4 Å². The predicted octanol–water partition coefficient (Wildman–Crippen LogP) is 2.21. The van der Waals surface area contributed by atoms with Crippen LogP contribution in [-0.2, 0) is 11.3 Å². The van der Waals surface area contributed by atoms with Crippen LogP contribution < -0.4 is 10.6 Å². The highest BCUT2D eigenvalue weighted by Crippen LogP contribution is 2.14. The number of likely N-dealkylation sites (tertiary alicyclic amines) is 1. The number of hydrogen-bond acceptors (Lipinski definition) is 3. The van der Waals surface area contributed by atoms with Gasteiger partial charge in [-0.25, -0.2) is 9.98 Å². The molecule has 0 spiro atoms. The molecule has 1 unspecified atom stereocenters. The number of imidazole rings is 1. The van der Waals surface area contributed by atoms with E-state index >= 15 is 0 Å². The van der Waals surface area contributed by atoms with Gasteiger partial charge in [0.25, 0.3) is 0 Å². The van der Waals surface area contributed by atoms with Gasteiger partial charge >= 0.3 is 6.55 Å². The molecule has 7 nitrogen and oxygen atoms in total. The molecule has 2 N–H and O–H groups in total. The number of rotatable bonds is 6. The molecule has 0 bridgehead atoms. The van der Waals surface area contributed by atoms with Crippen LogP contribution in [0.2, 0.25) is 0 Å². The van der Waals surface area contributed by atoms with Gasteiger partial charge in [0.1, 0.15) is 12.4 Å². The first-order chi connectivity index (χ1) is 11.9. The first kappa shape index (κ1) is 22.6. The molecule has 1 saturated heterocycles. The second-order valence-electron chi connectivity index (χ2n) is 6.29. The lowest BCUT2D eigenvalue weighted by Gasteiger charge is -2.20. The lowest BCUT2D eigenvalue weighted by atomic mass is 10.2. The lowest BCUT2D eigenvalue weighted by Crippen LogP contribution is -2.45. The standard InChI is InChI=1S/C16H26F2N6O.HI/c1-4-19-16(21-9-13-20-6-8-24(13)15(17)18)22-12-5-7-23(10-12)14(25)11(2)3;/h6,8,11-12,15H,4-5,7,9-10H2,1-3H3,(H2,19,21,22);1H. The third-order valence-corrected chi connectivity index (χ3v) is 4.02. The Labute approximate surface area is 169 Å². The summed E-state index contributed by atoms with van der Waals surface area (Å²) in [6.45, 7) is 5.11. The molecular formula is C16H27F2IN6O. The maximum atomic E-state index is 12.9. The van der Waals surface area contributed by atoms with Crippen LogP contribution in [0.3, 0.4) is 0 Å². The SMILES string of the molecule is CCNC(=NCc1nccn1C(F)F)NC1CCN(C(=O)C(C)C)C1.I. The molecule has 148 valence electrons. The van der Waals surface area contributed by atoms with Crippen molar-refractivity contribution >= 4 is 35.8 Å². The fourth-order valence-corrected chi connectivity index (χ4v) is 2.75. The van der Waals surface area contributed by atoms with Gasteiger partial charge in [0.05, 0.1) is 0 Å². The summed E-state index contributed by atoms with van der Waals surface area (Å²) in [4.78, 5) is 22.2. The van der Waals surface area contributed by atoms with Gasteiger partial charge in [-0.1, -0.05) is 13.8 Å². The second kappa shape index (κ2) is 10.6. The highest BCUT2D eigenvalue weighted by Gasteiger charge is 2.28. The number of nitrogens with one attached hydrogen (secondary N) is 2. The number of aromatic nitrogens is 2. The molecule has 1 fully saturated rings. The van der Waals surface area contributed by atoms with Crippen molar-refractivity contribution in [3.8, 4) is 0 Å². The Morgan fingerprint density at radius 3 is 2.81 bits per heavy atom. The largest absolute Gasteiger partial charge is 0.357 e. The van der Waals surface area contributed by atoms with Crippen molar-refractivity contribution in [2.24, 2.45) is 10.9 Å². The number of amides is 1. The Kier molecular flexibility index (Phi) is 9.23. The van der Waals surface area contributed by atoms with Crippen LogP contribution in [0.25, 0.3) is 0 Å². The van der Waals surface area contributed by atoms with E-state index in [1.54, 1.807) is 0 Å². The molecule has 2 rings (SSSR count). The number of nitrogens with zero attached hydrogens (tertiary/aromatic N) is 4. The summed E-state index contributed by atoms with van der Waals surface area (Å²) in [5.74, 6) is 0.865. The molecule has 1 aliphatic rings. The Morgan fingerprint density at radius 2 is 2.19 bits per heavy atom. The Morgan fingerprint density at radius 1 is 1.46 bits per heavy atom. The smallest absolute Gasteiger partial charge is 0.319 e. The molecule has 10 heteroatoms. The van der Waals surface area contributed by atoms with E-state index in [-0.39, 0.29) is 54.2 Å². The minimum atomic E-state index is -2.63. The topological polar surface area (TPSA) is 74.6 Å². The quantitative estimate of drug-likeness (QED) is 0.369. The molecule has 0 radical (unpaired) electrons. The average Bonchev–Trinajstić information content (AvgIpc) is 3.21. The Balaban J connectivity index is 0.00000338. The summed E-state index contributed by atoms with van der Waals surface area (Å²) in [6, 6.07) is 0.0929. The Hall–Kier alpha value is -1.46. The number of carbonyl (C=O) groups excluding carboxylic acids is 1. The number of aliphatic imine (C=N–C) groups is 1. The zero-order chi connectivity index (χ0) is 18.4. The first-order valence-electron chi connectivity index (χ1n) is 8.55. The van der Waals surface area contributed by atoms with Crippen LogP contribution in [0.5, 0.6) is 0 Å². The van der Waals surface area contributed by atoms with Gasteiger partial charge in [-0.3, -0.25) is 9.36 Å². The summed E-state index contributed by atoms with van der Waals surface area (Å²) < 4.78 is 26.5. The first-order valence-corrected chi connectivity index (χ1v) is 8.55. The summed E-state index contributed by atoms with van der Waals surface area (Å²) in [5, 5.41) is 6.37. The molecule has 0 aromatic carbocycles. The van der Waals surface area contributed by atoms with Crippen LogP contribution in [0, 0.1) is 5.92 Å². The summed E-state index contributed by atoms with van der Waals surface area (Å²) in [7, 11) is 0. The normalized spacial score (nSPS) is 17.6. The molecule has 0 aliphatic carbocycles. The number of hydrogen-bond donors (Lipinski definition) is 2. The minimum absolute atomic E-state index is 0. The molecule has 1 amide bonds. The van der Waals surface area contributed by atoms with Crippen LogP contribution in [0.4, 0.5) is 8.78 Å². The van der Waals surface area contributed by atoms with Crippen molar-refractivity contribution in [1.29, 1.82) is 0 Å². The van der Waals surface area contributed by atoms with Crippen LogP contribution >= 0.6 is 24.0 Å². The molecule has 0 saturated carbocycles. The number of halogens is 3. The molecule has 1 atom stereocenters. The Bertz CT molecular complexity index is 607. The van der Waals surface area contributed by atoms with E-state index < -0.39 is 6.55 Å². The fourth-order valence-electron chi connectivity index (χ4n) is 2.75. The molecule has 26 heavy (non-hydrogen) atoms. The third kappa shape index (κ3) is 6.06. The van der Waals surface area contributed by atoms with Gasteiger partial charge < -0.3 is 15.5 Å². The monoisotopic (exact) mass is 484 g/mol. The summed E-state index contributed by atoms with van der Waals surface area (Å²) in [5.41, 5.74) is 0. The molecule has 2 heterocycles. The van der Waals surface area contributed by atoms with Gasteiger partial charge in [-0.2, -0.15) is 8.78 Å². The number of alkyl halides is 2. The molecule has 1 aromatic rings. The molecule has 1 aromatic heterocycles. The van der Waals surface area contributed by atoms with E-state index in [0.29, 0.717) is 25.6 Å². The maximum Gasteiger partial charge on any atom is 0.319 e. The second-order valence-corrected chi connectivity index (χ2v) is 6.29. The molecule has 1 aliphatic heterocycles. The highest BCUT2D eigenvalue weighted by atomic mass is 127. The number of carbonyl (C=O) groups is 1. The molecular weight excluding hydrogens is 457 g/mol. The lowest BCUT2D eigenvalue weighted by molar-refractivity contribution is -0.133. The average molecular weight is 484 g/mol. The van der Waals surface area contributed by atoms with Crippen LogP contribution in [-0.4, -0.2) is 52.0 Å². The summed E-state index contributed by atoms with van der Waals surface area (Å²) >= 11 is 0. The van der Waals surface area contributed by atoms with E-state index in [4.69, 9.17) is 0 Å². The van der Waals surface area contributed by atoms with Gasteiger partial charge in [-0.15, -0.1) is 24.0 Å². The number of guanidine groups is 1. The van der Waals surface area contributed by atoms with Crippen LogP contribution in [0.1, 0.15) is 39.6 Å². The zero-order valence-electron chi connectivity index (χ0n) is 15.3. The predicted molar refractivity (Wildman–Crippen MR) is 107 cm³/mol. The van der Waals surface area contributed by atoms with Gasteiger partial charge in [0.15, 0.2) is 5.96 Å². The minimum Gasteiger partial charge on any atom is -0.357 e. The van der Waals surface area contributed by atoms with E-state index in [2.05, 4.69) is 20.6 Å². The fraction of sp³-hybridized carbons (Fsp3) is 0.688. The van der Waals surface area contributed by atoms with Crippen molar-refractivity contribution in [3.05, 3.63) is 18.2 Å². The third-order valence-electron chi connectivity index (χ3n) is 4.02. The van der Waals surface area contributed by atoms with Crippen molar-refractivity contribution < 1.29 is 13.6 Å². The summed E-state index contributed by atoms with van der Waals surface area (Å²) in [6.07, 6.45) is 3.40.